The van der Waals surface area contributed by atoms with E-state index in [0.29, 0.717) is 18.1 Å². The molecular weight excluding hydrogens is 487 g/mol. The zero-order valence-electron chi connectivity index (χ0n) is 18.2. The van der Waals surface area contributed by atoms with Crippen molar-refractivity contribution in [3.05, 3.63) is 60.7 Å². The molecule has 1 saturated heterocycles. The topological polar surface area (TPSA) is 18.5 Å². The normalized spacial score (nSPS) is 23.1. The van der Waals surface area contributed by atoms with E-state index in [1.165, 1.54) is 23.2 Å². The molecule has 0 radical (unpaired) electrons. The van der Waals surface area contributed by atoms with Gasteiger partial charge in [0.15, 0.2) is 0 Å². The van der Waals surface area contributed by atoms with E-state index in [9.17, 15) is 0 Å². The van der Waals surface area contributed by atoms with Crippen molar-refractivity contribution in [2.24, 2.45) is 5.92 Å². The molecule has 3 atom stereocenters. The fourth-order valence-electron chi connectivity index (χ4n) is 4.64. The van der Waals surface area contributed by atoms with Crippen molar-refractivity contribution < 1.29 is 9.16 Å². The number of halogens is 1. The molecule has 4 heteroatoms. The number of benzene rings is 2. The predicted molar refractivity (Wildman–Crippen MR) is 134 cm³/mol. The van der Waals surface area contributed by atoms with Crippen LogP contribution in [0.25, 0.3) is 0 Å². The minimum absolute atomic E-state index is 0.0273. The third kappa shape index (κ3) is 5.14. The van der Waals surface area contributed by atoms with Gasteiger partial charge in [-0.05, 0) is 40.6 Å². The van der Waals surface area contributed by atoms with Gasteiger partial charge in [-0.1, -0.05) is 111 Å². The van der Waals surface area contributed by atoms with Gasteiger partial charge in [-0.25, -0.2) is 0 Å². The molecule has 1 aliphatic rings. The summed E-state index contributed by atoms with van der Waals surface area (Å²) in [5.41, 5.74) is 0. The van der Waals surface area contributed by atoms with Gasteiger partial charge in [-0.2, -0.15) is 0 Å². The van der Waals surface area contributed by atoms with Crippen LogP contribution in [0.3, 0.4) is 0 Å². The summed E-state index contributed by atoms with van der Waals surface area (Å²) in [4.78, 5) is 0. The molecule has 0 spiro atoms. The molecule has 1 fully saturated rings. The van der Waals surface area contributed by atoms with Gasteiger partial charge < -0.3 is 9.16 Å². The van der Waals surface area contributed by atoms with Crippen molar-refractivity contribution >= 4 is 41.3 Å². The zero-order valence-corrected chi connectivity index (χ0v) is 21.4. The van der Waals surface area contributed by atoms with E-state index < -0.39 is 8.32 Å². The summed E-state index contributed by atoms with van der Waals surface area (Å²) in [5, 5.41) is 2.72. The maximum atomic E-state index is 7.04. The smallest absolute Gasteiger partial charge is 0.261 e. The van der Waals surface area contributed by atoms with Gasteiger partial charge in [0, 0.05) is 11.0 Å². The molecule has 158 valence electrons. The molecule has 0 aromatic heterocycles. The second-order valence-corrected chi connectivity index (χ2v) is 14.5. The van der Waals surface area contributed by atoms with Crippen LogP contribution in [0.4, 0.5) is 0 Å². The summed E-state index contributed by atoms with van der Waals surface area (Å²) >= 11 is 2.45. The lowest BCUT2D eigenvalue weighted by atomic mass is 9.92. The van der Waals surface area contributed by atoms with Gasteiger partial charge in [0.2, 0.25) is 0 Å². The Morgan fingerprint density at radius 1 is 0.966 bits per heavy atom. The zero-order chi connectivity index (χ0) is 20.9. The summed E-state index contributed by atoms with van der Waals surface area (Å²) in [6.07, 6.45) is 4.14. The minimum Gasteiger partial charge on any atom is -0.407 e. The molecule has 1 heterocycles. The Morgan fingerprint density at radius 3 is 2.00 bits per heavy atom. The molecule has 2 aromatic carbocycles. The van der Waals surface area contributed by atoms with Crippen molar-refractivity contribution in [1.29, 1.82) is 0 Å². The Bertz CT molecular complexity index is 705. The standard InChI is InChI=1S/C25H35IO2Si/c1-20-15-16-21(19-26)28-24(20)17-18-27-29(25(2,3)4,22-11-7-5-8-12-22)23-13-9-6-10-14-23/h5-14,20-21,24H,15-19H2,1-4H3/t20-,21-,24+/m0/s1. The number of ether oxygens (including phenoxy) is 1. The van der Waals surface area contributed by atoms with E-state index in [-0.39, 0.29) is 5.04 Å². The van der Waals surface area contributed by atoms with Crippen LogP contribution in [0.2, 0.25) is 5.04 Å². The number of alkyl halides is 1. The highest BCUT2D eigenvalue weighted by atomic mass is 127. The van der Waals surface area contributed by atoms with Crippen LogP contribution in [0, 0.1) is 5.92 Å². The van der Waals surface area contributed by atoms with Crippen molar-refractivity contribution in [3.8, 4) is 0 Å². The second-order valence-electron chi connectivity index (χ2n) is 9.31. The molecule has 2 aromatic rings. The van der Waals surface area contributed by atoms with Crippen LogP contribution in [0.15, 0.2) is 60.7 Å². The summed E-state index contributed by atoms with van der Waals surface area (Å²) in [7, 11) is -2.44. The van der Waals surface area contributed by atoms with Crippen molar-refractivity contribution in [3.63, 3.8) is 0 Å². The van der Waals surface area contributed by atoms with Crippen molar-refractivity contribution in [2.75, 3.05) is 11.0 Å². The Balaban J connectivity index is 1.88. The first kappa shape index (κ1) is 23.0. The van der Waals surface area contributed by atoms with Crippen LogP contribution < -0.4 is 10.4 Å². The van der Waals surface area contributed by atoms with Gasteiger partial charge in [0.1, 0.15) is 0 Å². The lowest BCUT2D eigenvalue weighted by Gasteiger charge is -2.43. The highest BCUT2D eigenvalue weighted by molar-refractivity contribution is 14.1. The van der Waals surface area contributed by atoms with Crippen molar-refractivity contribution in [1.82, 2.24) is 0 Å². The summed E-state index contributed by atoms with van der Waals surface area (Å²) < 4.78 is 14.5. The van der Waals surface area contributed by atoms with E-state index in [0.717, 1.165) is 17.5 Å². The summed E-state index contributed by atoms with van der Waals surface area (Å²) in [6.45, 7) is 10.1. The Morgan fingerprint density at radius 2 is 1.52 bits per heavy atom. The average Bonchev–Trinajstić information content (AvgIpc) is 2.73. The third-order valence-corrected chi connectivity index (χ3v) is 12.3. The molecule has 0 amide bonds. The van der Waals surface area contributed by atoms with Crippen LogP contribution in [0.5, 0.6) is 0 Å². The average molecular weight is 523 g/mol. The SMILES string of the molecule is C[C@H]1CC[C@@H](CI)O[C@@H]1CCO[Si](c1ccccc1)(c1ccccc1)C(C)(C)C. The summed E-state index contributed by atoms with van der Waals surface area (Å²) in [5.74, 6) is 0.608. The van der Waals surface area contributed by atoms with Crippen molar-refractivity contribution in [2.45, 2.75) is 64.2 Å². The van der Waals surface area contributed by atoms with Crippen LogP contribution >= 0.6 is 22.6 Å². The molecule has 0 aliphatic carbocycles. The van der Waals surface area contributed by atoms with Gasteiger partial charge >= 0.3 is 0 Å². The van der Waals surface area contributed by atoms with Crippen LogP contribution in [-0.2, 0) is 9.16 Å². The minimum atomic E-state index is -2.44. The van der Waals surface area contributed by atoms with E-state index >= 15 is 0 Å². The molecule has 29 heavy (non-hydrogen) atoms. The van der Waals surface area contributed by atoms with Crippen LogP contribution in [-0.4, -0.2) is 31.6 Å². The molecular formula is C25H35IO2Si. The molecule has 0 N–H and O–H groups in total. The maximum absolute atomic E-state index is 7.04. The summed E-state index contributed by atoms with van der Waals surface area (Å²) in [6, 6.07) is 21.8. The molecule has 2 nitrogen and oxygen atoms in total. The van der Waals surface area contributed by atoms with Gasteiger partial charge in [-0.15, -0.1) is 0 Å². The Hall–Kier alpha value is -0.693. The van der Waals surface area contributed by atoms with Gasteiger partial charge in [0.25, 0.3) is 8.32 Å². The first-order chi connectivity index (χ1) is 13.9. The monoisotopic (exact) mass is 522 g/mol. The third-order valence-electron chi connectivity index (χ3n) is 6.26. The van der Waals surface area contributed by atoms with E-state index in [2.05, 4.69) is 111 Å². The molecule has 0 bridgehead atoms. The highest BCUT2D eigenvalue weighted by Gasteiger charge is 2.50. The first-order valence-corrected chi connectivity index (χ1v) is 14.3. The molecule has 0 saturated carbocycles. The Kier molecular flexibility index (Phi) is 7.98. The lowest BCUT2D eigenvalue weighted by molar-refractivity contribution is -0.0742. The fraction of sp³-hybridized carbons (Fsp3) is 0.520. The molecule has 3 rings (SSSR count). The quantitative estimate of drug-likeness (QED) is 0.269. The van der Waals surface area contributed by atoms with Crippen LogP contribution in [0.1, 0.15) is 47.0 Å². The lowest BCUT2D eigenvalue weighted by Crippen LogP contribution is -2.66. The number of hydrogen-bond donors (Lipinski definition) is 0. The number of rotatable bonds is 7. The van der Waals surface area contributed by atoms with Gasteiger partial charge in [-0.3, -0.25) is 0 Å². The predicted octanol–water partition coefficient (Wildman–Crippen LogP) is 5.57. The first-order valence-electron chi connectivity index (χ1n) is 10.8. The van der Waals surface area contributed by atoms with E-state index in [1.54, 1.807) is 0 Å². The maximum Gasteiger partial charge on any atom is 0.261 e. The number of hydrogen-bond acceptors (Lipinski definition) is 2. The second kappa shape index (κ2) is 10.1. The highest BCUT2D eigenvalue weighted by Crippen LogP contribution is 2.37. The van der Waals surface area contributed by atoms with Gasteiger partial charge in [0.05, 0.1) is 12.2 Å². The fourth-order valence-corrected chi connectivity index (χ4v) is 9.87. The largest absolute Gasteiger partial charge is 0.407 e. The van der Waals surface area contributed by atoms with E-state index in [4.69, 9.17) is 9.16 Å². The molecule has 1 aliphatic heterocycles. The molecule has 0 unspecified atom stereocenters. The Labute approximate surface area is 191 Å². The van der Waals surface area contributed by atoms with E-state index in [1.807, 2.05) is 0 Å².